The van der Waals surface area contributed by atoms with E-state index in [4.69, 9.17) is 15.4 Å². The number of amides is 1. The third kappa shape index (κ3) is 11.4. The van der Waals surface area contributed by atoms with E-state index in [1.54, 1.807) is 0 Å². The van der Waals surface area contributed by atoms with Crippen LogP contribution >= 0.6 is 10.7 Å². The average Bonchev–Trinajstić information content (AvgIpc) is 1.92. The lowest BCUT2D eigenvalue weighted by molar-refractivity contribution is -0.0225. The quantitative estimate of drug-likeness (QED) is 0.602. The fourth-order valence-corrected chi connectivity index (χ4v) is 1.06. The molecular formula is C7H14ClNO5S. The van der Waals surface area contributed by atoms with Crippen molar-refractivity contribution < 1.29 is 22.7 Å². The van der Waals surface area contributed by atoms with Crippen molar-refractivity contribution in [2.24, 2.45) is 0 Å². The molecule has 0 aliphatic rings. The van der Waals surface area contributed by atoms with E-state index in [-0.39, 0.29) is 18.8 Å². The van der Waals surface area contributed by atoms with E-state index in [1.807, 2.05) is 20.8 Å². The highest BCUT2D eigenvalue weighted by atomic mass is 35.7. The molecule has 0 aliphatic heterocycles. The van der Waals surface area contributed by atoms with Gasteiger partial charge in [-0.1, -0.05) is 0 Å². The van der Waals surface area contributed by atoms with Gasteiger partial charge in [0.1, 0.15) is 6.61 Å². The predicted octanol–water partition coefficient (Wildman–Crippen LogP) is 1.01. The second-order valence-corrected chi connectivity index (χ2v) is 5.94. The number of carbonyl (C=O) groups excluding carboxylic acids is 1. The van der Waals surface area contributed by atoms with Crippen LogP contribution in [-0.2, 0) is 18.7 Å². The van der Waals surface area contributed by atoms with Gasteiger partial charge in [0.2, 0.25) is 0 Å². The minimum absolute atomic E-state index is 0.0461. The molecule has 6 nitrogen and oxygen atoms in total. The summed E-state index contributed by atoms with van der Waals surface area (Å²) in [6.45, 7) is 5.66. The molecule has 1 N–H and O–H groups in total. The van der Waals surface area contributed by atoms with Crippen molar-refractivity contribution in [3.63, 3.8) is 0 Å². The molecule has 0 heterocycles. The molecule has 0 bridgehead atoms. The van der Waals surface area contributed by atoms with Crippen LogP contribution in [0.5, 0.6) is 0 Å². The highest BCUT2D eigenvalue weighted by Crippen LogP contribution is 2.05. The molecule has 0 aliphatic carbocycles. The first-order valence-electron chi connectivity index (χ1n) is 4.13. The van der Waals surface area contributed by atoms with Crippen LogP contribution in [-0.4, -0.2) is 33.3 Å². The number of hydrogen-bond donors (Lipinski definition) is 1. The first kappa shape index (κ1) is 14.5. The van der Waals surface area contributed by atoms with Crippen molar-refractivity contribution in [1.29, 1.82) is 0 Å². The molecule has 0 saturated carbocycles. The lowest BCUT2D eigenvalue weighted by atomic mass is 10.2. The van der Waals surface area contributed by atoms with E-state index in [9.17, 15) is 13.2 Å². The lowest BCUT2D eigenvalue weighted by Crippen LogP contribution is -2.29. The highest BCUT2D eigenvalue weighted by Gasteiger charge is 2.13. The standard InChI is InChI=1S/C7H14ClNO5S/c1-7(2,3)14-5-4-13-6(10)9-15(8,11)12/h4-5H2,1-3H3,(H,9,10). The largest absolute Gasteiger partial charge is 0.446 e. The summed E-state index contributed by atoms with van der Waals surface area (Å²) in [4.78, 5) is 10.7. The van der Waals surface area contributed by atoms with Gasteiger partial charge in [-0.15, -0.1) is 0 Å². The first-order valence-corrected chi connectivity index (χ1v) is 6.44. The Morgan fingerprint density at radius 2 is 1.87 bits per heavy atom. The molecule has 0 atom stereocenters. The van der Waals surface area contributed by atoms with Gasteiger partial charge < -0.3 is 9.47 Å². The monoisotopic (exact) mass is 259 g/mol. The molecule has 0 unspecified atom stereocenters. The van der Waals surface area contributed by atoms with Crippen LogP contribution in [0.3, 0.4) is 0 Å². The maximum atomic E-state index is 10.7. The summed E-state index contributed by atoms with van der Waals surface area (Å²) in [6.07, 6.45) is -1.12. The third-order valence-electron chi connectivity index (χ3n) is 1.06. The van der Waals surface area contributed by atoms with Gasteiger partial charge in [-0.3, -0.25) is 0 Å². The Balaban J connectivity index is 3.66. The van der Waals surface area contributed by atoms with E-state index in [1.165, 1.54) is 4.72 Å². The van der Waals surface area contributed by atoms with Crippen molar-refractivity contribution in [3.05, 3.63) is 0 Å². The summed E-state index contributed by atoms with van der Waals surface area (Å²) < 4.78 is 31.8. The zero-order valence-corrected chi connectivity index (χ0v) is 10.3. The molecular weight excluding hydrogens is 246 g/mol. The van der Waals surface area contributed by atoms with Crippen molar-refractivity contribution >= 4 is 26.0 Å². The van der Waals surface area contributed by atoms with Crippen molar-refractivity contribution in [2.45, 2.75) is 26.4 Å². The minimum Gasteiger partial charge on any atom is -0.446 e. The van der Waals surface area contributed by atoms with Crippen LogP contribution in [0.2, 0.25) is 0 Å². The predicted molar refractivity (Wildman–Crippen MR) is 55.0 cm³/mol. The van der Waals surface area contributed by atoms with Gasteiger partial charge in [0.25, 0.3) is 0 Å². The van der Waals surface area contributed by atoms with Crippen LogP contribution in [0, 0.1) is 0 Å². The Kier molecular flexibility index (Phi) is 5.33. The number of hydrogen-bond acceptors (Lipinski definition) is 5. The molecule has 0 aromatic rings. The summed E-state index contributed by atoms with van der Waals surface area (Å²) in [7, 11) is 0.660. The summed E-state index contributed by atoms with van der Waals surface area (Å²) in [6, 6.07) is 0. The normalized spacial score (nSPS) is 12.3. The zero-order chi connectivity index (χ0) is 12.1. The van der Waals surface area contributed by atoms with E-state index in [2.05, 4.69) is 4.74 Å². The van der Waals surface area contributed by atoms with Crippen molar-refractivity contribution in [1.82, 2.24) is 4.72 Å². The van der Waals surface area contributed by atoms with Crippen LogP contribution < -0.4 is 4.72 Å². The highest BCUT2D eigenvalue weighted by molar-refractivity contribution is 8.12. The van der Waals surface area contributed by atoms with Gasteiger partial charge >= 0.3 is 15.3 Å². The summed E-state index contributed by atoms with van der Waals surface area (Å²) in [5.41, 5.74) is -0.335. The molecule has 0 spiro atoms. The molecule has 0 aromatic heterocycles. The first-order chi connectivity index (χ1) is 6.60. The topological polar surface area (TPSA) is 81.7 Å². The molecule has 0 aromatic carbocycles. The maximum absolute atomic E-state index is 10.7. The van der Waals surface area contributed by atoms with Gasteiger partial charge in [-0.2, -0.15) is 8.42 Å². The molecule has 0 fully saturated rings. The second kappa shape index (κ2) is 5.53. The maximum Gasteiger partial charge on any atom is 0.421 e. The molecule has 0 saturated heterocycles. The molecule has 0 radical (unpaired) electrons. The summed E-state index contributed by atoms with van der Waals surface area (Å²) >= 11 is 0. The van der Waals surface area contributed by atoms with Crippen LogP contribution in [0.25, 0.3) is 0 Å². The molecule has 1 amide bonds. The number of rotatable bonds is 4. The van der Waals surface area contributed by atoms with Crippen LogP contribution in [0.15, 0.2) is 0 Å². The Morgan fingerprint density at radius 1 is 1.33 bits per heavy atom. The Labute approximate surface area is 93.4 Å². The van der Waals surface area contributed by atoms with Crippen LogP contribution in [0.4, 0.5) is 4.79 Å². The number of ether oxygens (including phenoxy) is 2. The molecule has 90 valence electrons. The molecule has 8 heteroatoms. The average molecular weight is 260 g/mol. The van der Waals surface area contributed by atoms with Crippen molar-refractivity contribution in [2.75, 3.05) is 13.2 Å². The third-order valence-corrected chi connectivity index (χ3v) is 1.70. The Morgan fingerprint density at radius 3 is 2.27 bits per heavy atom. The Bertz CT molecular complexity index is 308. The smallest absolute Gasteiger partial charge is 0.421 e. The van der Waals surface area contributed by atoms with Gasteiger partial charge in [0.15, 0.2) is 0 Å². The van der Waals surface area contributed by atoms with E-state index >= 15 is 0 Å². The molecule has 0 rings (SSSR count). The zero-order valence-electron chi connectivity index (χ0n) is 8.74. The number of nitrogens with one attached hydrogen (secondary N) is 1. The van der Waals surface area contributed by atoms with Gasteiger partial charge in [0, 0.05) is 10.7 Å². The summed E-state index contributed by atoms with van der Waals surface area (Å²) in [5, 5.41) is 0. The van der Waals surface area contributed by atoms with Crippen molar-refractivity contribution in [3.8, 4) is 0 Å². The number of carbonyl (C=O) groups is 1. The fourth-order valence-electron chi connectivity index (χ4n) is 0.611. The van der Waals surface area contributed by atoms with Gasteiger partial charge in [0.05, 0.1) is 12.2 Å². The van der Waals surface area contributed by atoms with E-state index in [0.29, 0.717) is 0 Å². The fraction of sp³-hybridized carbons (Fsp3) is 0.857. The lowest BCUT2D eigenvalue weighted by Gasteiger charge is -2.19. The molecule has 15 heavy (non-hydrogen) atoms. The van der Waals surface area contributed by atoms with E-state index in [0.717, 1.165) is 0 Å². The Hall–Kier alpha value is -0.530. The van der Waals surface area contributed by atoms with E-state index < -0.39 is 15.3 Å². The SMILES string of the molecule is CC(C)(C)OCCOC(=O)NS(=O)(=O)Cl. The number of halogens is 1. The van der Waals surface area contributed by atoms with Gasteiger partial charge in [-0.05, 0) is 20.8 Å². The van der Waals surface area contributed by atoms with Gasteiger partial charge in [-0.25, -0.2) is 9.52 Å². The minimum atomic E-state index is -4.08. The summed E-state index contributed by atoms with van der Waals surface area (Å²) in [5.74, 6) is 0. The van der Waals surface area contributed by atoms with Crippen LogP contribution in [0.1, 0.15) is 20.8 Å². The second-order valence-electron chi connectivity index (χ2n) is 3.64.